The van der Waals surface area contributed by atoms with E-state index in [2.05, 4.69) is 37.9 Å². The molecule has 0 bridgehead atoms. The van der Waals surface area contributed by atoms with Crippen molar-refractivity contribution in [1.82, 2.24) is 0 Å². The number of nitriles is 1. The molecule has 0 aliphatic carbocycles. The van der Waals surface area contributed by atoms with Crippen LogP contribution in [0, 0.1) is 11.3 Å². The zero-order valence-corrected chi connectivity index (χ0v) is 19.4. The Morgan fingerprint density at radius 3 is 2.14 bits per heavy atom. The van der Waals surface area contributed by atoms with Crippen LogP contribution in [0.4, 0.5) is 0 Å². The largest absolute Gasteiger partial charge is 0.377 e. The molecule has 0 spiro atoms. The van der Waals surface area contributed by atoms with Crippen LogP contribution in [0.3, 0.4) is 0 Å². The van der Waals surface area contributed by atoms with E-state index in [1.165, 1.54) is 24.3 Å². The molecule has 0 saturated heterocycles. The molecular weight excluding hydrogens is 542 g/mol. The standard InChI is InChI=1S/C21H12Br2ClNO3S/c22-19-11-14(10-16(13-25)15-4-2-1-3-5-15)12-20(23)21(19)28-29(26,27)18-8-6-17(24)7-9-18/h1-12H/b16-10+. The third-order valence-corrected chi connectivity index (χ3v) is 6.50. The number of hydrogen-bond acceptors (Lipinski definition) is 4. The van der Waals surface area contributed by atoms with E-state index in [0.717, 1.165) is 5.56 Å². The Morgan fingerprint density at radius 2 is 1.59 bits per heavy atom. The average molecular weight is 554 g/mol. The van der Waals surface area contributed by atoms with Crippen molar-refractivity contribution in [3.05, 3.63) is 91.8 Å². The topological polar surface area (TPSA) is 67.2 Å². The molecule has 0 heterocycles. The van der Waals surface area contributed by atoms with Crippen LogP contribution in [-0.4, -0.2) is 8.42 Å². The first-order valence-electron chi connectivity index (χ1n) is 8.16. The van der Waals surface area contributed by atoms with Crippen LogP contribution in [0.2, 0.25) is 5.02 Å². The van der Waals surface area contributed by atoms with E-state index in [9.17, 15) is 13.7 Å². The SMILES string of the molecule is N#C/C(=C\c1cc(Br)c(OS(=O)(=O)c2ccc(Cl)cc2)c(Br)c1)c1ccccc1. The van der Waals surface area contributed by atoms with Crippen molar-refractivity contribution in [3.8, 4) is 11.8 Å². The van der Waals surface area contributed by atoms with Crippen LogP contribution in [0.25, 0.3) is 11.6 Å². The van der Waals surface area contributed by atoms with E-state index in [1.54, 1.807) is 18.2 Å². The molecule has 3 aromatic rings. The summed E-state index contributed by atoms with van der Waals surface area (Å²) in [4.78, 5) is -0.0134. The average Bonchev–Trinajstić information content (AvgIpc) is 2.70. The molecule has 8 heteroatoms. The maximum Gasteiger partial charge on any atom is 0.339 e. The van der Waals surface area contributed by atoms with Crippen LogP contribution in [0.15, 0.2) is 80.6 Å². The zero-order chi connectivity index (χ0) is 21.0. The summed E-state index contributed by atoms with van der Waals surface area (Å²) in [5, 5.41) is 9.90. The predicted molar refractivity (Wildman–Crippen MR) is 121 cm³/mol. The number of allylic oxidation sites excluding steroid dienone is 1. The summed E-state index contributed by atoms with van der Waals surface area (Å²) >= 11 is 12.5. The molecule has 0 aromatic heterocycles. The molecule has 0 unspecified atom stereocenters. The second-order valence-electron chi connectivity index (χ2n) is 5.84. The normalized spacial score (nSPS) is 11.7. The molecule has 29 heavy (non-hydrogen) atoms. The highest BCUT2D eigenvalue weighted by Crippen LogP contribution is 2.37. The third kappa shape index (κ3) is 5.28. The van der Waals surface area contributed by atoms with E-state index in [-0.39, 0.29) is 10.6 Å². The summed E-state index contributed by atoms with van der Waals surface area (Å²) in [7, 11) is -4.05. The lowest BCUT2D eigenvalue weighted by Gasteiger charge is -2.12. The molecule has 0 aliphatic heterocycles. The van der Waals surface area contributed by atoms with Crippen molar-refractivity contribution in [2.45, 2.75) is 4.90 Å². The van der Waals surface area contributed by atoms with Gasteiger partial charge >= 0.3 is 10.1 Å². The Balaban J connectivity index is 1.95. The number of benzene rings is 3. The van der Waals surface area contributed by atoms with Crippen molar-refractivity contribution in [3.63, 3.8) is 0 Å². The van der Waals surface area contributed by atoms with Crippen molar-refractivity contribution < 1.29 is 12.6 Å². The monoisotopic (exact) mass is 551 g/mol. The van der Waals surface area contributed by atoms with Crippen LogP contribution >= 0.6 is 43.5 Å². The van der Waals surface area contributed by atoms with Gasteiger partial charge in [-0.1, -0.05) is 41.9 Å². The maximum atomic E-state index is 12.5. The predicted octanol–water partition coefficient (Wildman–Crippen LogP) is 6.70. The Bertz CT molecular complexity index is 1200. The molecular formula is C21H12Br2ClNO3S. The third-order valence-electron chi connectivity index (χ3n) is 3.83. The van der Waals surface area contributed by atoms with Crippen molar-refractivity contribution in [2.75, 3.05) is 0 Å². The molecule has 0 fully saturated rings. The fraction of sp³-hybridized carbons (Fsp3) is 0. The highest BCUT2D eigenvalue weighted by molar-refractivity contribution is 9.11. The second kappa shape index (κ2) is 9.14. The maximum absolute atomic E-state index is 12.5. The number of hydrogen-bond donors (Lipinski definition) is 0. The first kappa shape index (κ1) is 21.6. The van der Waals surface area contributed by atoms with Gasteiger partial charge in [0.25, 0.3) is 0 Å². The Labute approximate surface area is 190 Å². The highest BCUT2D eigenvalue weighted by Gasteiger charge is 2.20. The smallest absolute Gasteiger partial charge is 0.339 e. The van der Waals surface area contributed by atoms with E-state index in [0.29, 0.717) is 25.1 Å². The van der Waals surface area contributed by atoms with Gasteiger partial charge in [0.2, 0.25) is 0 Å². The lowest BCUT2D eigenvalue weighted by molar-refractivity contribution is 0.483. The van der Waals surface area contributed by atoms with Gasteiger partial charge in [-0.25, -0.2) is 0 Å². The zero-order valence-electron chi connectivity index (χ0n) is 14.6. The number of halogens is 3. The number of rotatable bonds is 5. The Hall–Kier alpha value is -2.11. The molecule has 0 radical (unpaired) electrons. The van der Waals surface area contributed by atoms with Crippen molar-refractivity contribution >= 4 is 65.2 Å². The highest BCUT2D eigenvalue weighted by atomic mass is 79.9. The minimum Gasteiger partial charge on any atom is -0.377 e. The molecule has 0 saturated carbocycles. The Kier molecular flexibility index (Phi) is 6.81. The van der Waals surface area contributed by atoms with Gasteiger partial charge in [0, 0.05) is 5.02 Å². The van der Waals surface area contributed by atoms with E-state index in [1.807, 2.05) is 30.3 Å². The van der Waals surface area contributed by atoms with E-state index >= 15 is 0 Å². The minimum atomic E-state index is -4.05. The number of nitrogens with zero attached hydrogens (tertiary/aromatic N) is 1. The summed E-state index contributed by atoms with van der Waals surface area (Å²) < 4.78 is 31.2. The Morgan fingerprint density at radius 1 is 1.00 bits per heavy atom. The molecule has 0 aliphatic rings. The molecule has 0 N–H and O–H groups in total. The van der Waals surface area contributed by atoms with E-state index in [4.69, 9.17) is 15.8 Å². The van der Waals surface area contributed by atoms with Gasteiger partial charge in [0.1, 0.15) is 4.90 Å². The molecule has 0 amide bonds. The van der Waals surface area contributed by atoms with Gasteiger partial charge < -0.3 is 4.18 Å². The molecule has 4 nitrogen and oxygen atoms in total. The quantitative estimate of drug-likeness (QED) is 0.200. The minimum absolute atomic E-state index is 0.0134. The summed E-state index contributed by atoms with van der Waals surface area (Å²) in [6.07, 6.45) is 1.71. The van der Waals surface area contributed by atoms with Crippen LogP contribution in [0.1, 0.15) is 11.1 Å². The fourth-order valence-corrected chi connectivity index (χ4v) is 5.15. The summed E-state index contributed by atoms with van der Waals surface area (Å²) in [5.74, 6) is 0.107. The fourth-order valence-electron chi connectivity index (χ4n) is 2.47. The van der Waals surface area contributed by atoms with Crippen LogP contribution in [-0.2, 0) is 10.1 Å². The summed E-state index contributed by atoms with van der Waals surface area (Å²) in [5.41, 5.74) is 1.96. The van der Waals surface area contributed by atoms with Crippen LogP contribution in [0.5, 0.6) is 5.75 Å². The van der Waals surface area contributed by atoms with Gasteiger partial charge in [-0.15, -0.1) is 0 Å². The summed E-state index contributed by atoms with van der Waals surface area (Å²) in [6, 6.07) is 20.5. The lowest BCUT2D eigenvalue weighted by atomic mass is 10.0. The van der Waals surface area contributed by atoms with Gasteiger partial charge in [-0.3, -0.25) is 0 Å². The second-order valence-corrected chi connectivity index (χ2v) is 9.53. The molecule has 3 aromatic carbocycles. The first-order valence-corrected chi connectivity index (χ1v) is 11.5. The van der Waals surface area contributed by atoms with Gasteiger partial charge in [-0.05, 0) is 85.5 Å². The first-order chi connectivity index (χ1) is 13.8. The van der Waals surface area contributed by atoms with Gasteiger partial charge in [0.15, 0.2) is 5.75 Å². The van der Waals surface area contributed by atoms with Crippen molar-refractivity contribution in [1.29, 1.82) is 5.26 Å². The van der Waals surface area contributed by atoms with Gasteiger partial charge in [0.05, 0.1) is 20.6 Å². The van der Waals surface area contributed by atoms with Crippen molar-refractivity contribution in [2.24, 2.45) is 0 Å². The lowest BCUT2D eigenvalue weighted by Crippen LogP contribution is -2.10. The van der Waals surface area contributed by atoms with Gasteiger partial charge in [-0.2, -0.15) is 13.7 Å². The van der Waals surface area contributed by atoms with E-state index < -0.39 is 10.1 Å². The van der Waals surface area contributed by atoms with Crippen LogP contribution < -0.4 is 4.18 Å². The summed E-state index contributed by atoms with van der Waals surface area (Å²) in [6.45, 7) is 0. The molecule has 0 atom stereocenters. The molecule has 146 valence electrons. The molecule has 3 rings (SSSR count).